The number of hydrogen-bond acceptors (Lipinski definition) is 6. The van der Waals surface area contributed by atoms with Crippen LogP contribution < -0.4 is 10.1 Å². The summed E-state index contributed by atoms with van der Waals surface area (Å²) in [5.74, 6) is 2.11. The number of Topliss-reactive ketones (excluding diaryl/α,β-unsaturated/α-hetero) is 1. The number of benzene rings is 1. The van der Waals surface area contributed by atoms with E-state index in [1.807, 2.05) is 19.1 Å². The fraction of sp³-hybridized carbons (Fsp3) is 0.556. The zero-order valence-corrected chi connectivity index (χ0v) is 20.9. The number of rotatable bonds is 5. The molecule has 5 atom stereocenters. The van der Waals surface area contributed by atoms with Gasteiger partial charge in [-0.3, -0.25) is 14.4 Å². The van der Waals surface area contributed by atoms with Crippen molar-refractivity contribution < 1.29 is 19.1 Å². The van der Waals surface area contributed by atoms with E-state index in [1.165, 1.54) is 29.4 Å². The molecule has 0 aliphatic heterocycles. The molecule has 1 aromatic heterocycles. The van der Waals surface area contributed by atoms with Crippen LogP contribution in [0.2, 0.25) is 0 Å². The van der Waals surface area contributed by atoms with Gasteiger partial charge in [0.05, 0.1) is 0 Å². The van der Waals surface area contributed by atoms with Gasteiger partial charge in [-0.15, -0.1) is 11.3 Å². The van der Waals surface area contributed by atoms with Crippen molar-refractivity contribution in [2.24, 2.45) is 23.2 Å². The second-order valence-electron chi connectivity index (χ2n) is 10.5. The number of nitrogens with zero attached hydrogens (tertiary/aromatic N) is 1. The Hall–Kier alpha value is -2.54. The van der Waals surface area contributed by atoms with Gasteiger partial charge < -0.3 is 10.1 Å². The molecule has 34 heavy (non-hydrogen) atoms. The van der Waals surface area contributed by atoms with Crippen molar-refractivity contribution in [1.29, 1.82) is 0 Å². The number of thiazole rings is 1. The molecule has 2 fully saturated rings. The lowest BCUT2D eigenvalue weighted by Crippen LogP contribution is -2.44. The summed E-state index contributed by atoms with van der Waals surface area (Å²) in [6.07, 6.45) is 7.40. The molecule has 1 heterocycles. The summed E-state index contributed by atoms with van der Waals surface area (Å²) in [4.78, 5) is 42.4. The van der Waals surface area contributed by atoms with Crippen LogP contribution in [-0.2, 0) is 20.8 Å². The van der Waals surface area contributed by atoms with Gasteiger partial charge >= 0.3 is 5.97 Å². The fourth-order valence-corrected chi connectivity index (χ4v) is 7.70. The van der Waals surface area contributed by atoms with Crippen LogP contribution in [0.25, 0.3) is 0 Å². The summed E-state index contributed by atoms with van der Waals surface area (Å²) in [5, 5.41) is 3.56. The number of carbonyl (C=O) groups excluding carboxylic acids is 3. The topological polar surface area (TPSA) is 85.4 Å². The molecule has 180 valence electrons. The summed E-state index contributed by atoms with van der Waals surface area (Å²) in [6, 6.07) is 6.05. The Morgan fingerprint density at radius 3 is 2.85 bits per heavy atom. The summed E-state index contributed by atoms with van der Waals surface area (Å²) >= 11 is 1.48. The smallest absolute Gasteiger partial charge is 0.308 e. The number of aromatic nitrogens is 1. The molecular formula is C27H32N2O4S. The molecule has 0 spiro atoms. The first-order valence-electron chi connectivity index (χ1n) is 12.3. The molecule has 2 aromatic rings. The summed E-state index contributed by atoms with van der Waals surface area (Å²) < 4.78 is 5.31. The minimum Gasteiger partial charge on any atom is -0.427 e. The maximum Gasteiger partial charge on any atom is 0.308 e. The number of amides is 1. The molecule has 2 saturated carbocycles. The SMILES string of the molecule is CC(=O)Oc1ccc2c(c1)CCC1C2CCC2(C)C(=O)CC(CCC(=O)Nc3ncc(C)s3)C12. The van der Waals surface area contributed by atoms with Crippen LogP contribution in [0.4, 0.5) is 5.13 Å². The van der Waals surface area contributed by atoms with Crippen LogP contribution in [0.15, 0.2) is 24.4 Å². The van der Waals surface area contributed by atoms with Crippen LogP contribution in [0.3, 0.4) is 0 Å². The van der Waals surface area contributed by atoms with E-state index in [1.54, 1.807) is 6.20 Å². The highest BCUT2D eigenvalue weighted by molar-refractivity contribution is 7.15. The van der Waals surface area contributed by atoms with E-state index < -0.39 is 0 Å². The highest BCUT2D eigenvalue weighted by Crippen LogP contribution is 2.62. The number of hydrogen-bond donors (Lipinski definition) is 1. The second-order valence-corrected chi connectivity index (χ2v) is 11.7. The van der Waals surface area contributed by atoms with Crippen molar-refractivity contribution in [2.45, 2.75) is 71.6 Å². The molecule has 6 nitrogen and oxygen atoms in total. The molecular weight excluding hydrogens is 448 g/mol. The Kier molecular flexibility index (Phi) is 6.09. The van der Waals surface area contributed by atoms with Gasteiger partial charge in [0.15, 0.2) is 5.13 Å². The maximum atomic E-state index is 13.2. The number of aryl methyl sites for hydroxylation is 2. The monoisotopic (exact) mass is 480 g/mol. The largest absolute Gasteiger partial charge is 0.427 e. The van der Waals surface area contributed by atoms with Gasteiger partial charge in [-0.2, -0.15) is 0 Å². The number of ketones is 1. The molecule has 1 N–H and O–H groups in total. The lowest BCUT2D eigenvalue weighted by Gasteiger charge is -2.50. The zero-order valence-electron chi connectivity index (χ0n) is 20.1. The number of carbonyl (C=O) groups is 3. The number of ether oxygens (including phenoxy) is 1. The third kappa shape index (κ3) is 4.19. The van der Waals surface area contributed by atoms with Crippen molar-refractivity contribution in [3.8, 4) is 5.75 Å². The first kappa shape index (κ1) is 23.2. The first-order valence-corrected chi connectivity index (χ1v) is 13.1. The van der Waals surface area contributed by atoms with Crippen LogP contribution in [-0.4, -0.2) is 22.6 Å². The van der Waals surface area contributed by atoms with E-state index >= 15 is 0 Å². The van der Waals surface area contributed by atoms with Crippen LogP contribution in [0, 0.1) is 30.1 Å². The van der Waals surface area contributed by atoms with E-state index in [4.69, 9.17) is 4.74 Å². The van der Waals surface area contributed by atoms with Gasteiger partial charge in [0.1, 0.15) is 11.5 Å². The summed E-state index contributed by atoms with van der Waals surface area (Å²) in [5.41, 5.74) is 2.34. The average Bonchev–Trinajstić information content (AvgIpc) is 3.31. The van der Waals surface area contributed by atoms with E-state index in [0.717, 1.165) is 37.0 Å². The standard InChI is InChI=1S/C27H32N2O4S/c1-15-14-28-26(34-15)29-24(32)9-5-18-13-23(31)27(3)11-10-21-20-8-6-19(33-16(2)30)12-17(20)4-7-22(21)25(18)27/h6,8,12,14,18,21-22,25H,4-5,7,9-11,13H2,1-3H3,(H,28,29,32). The third-order valence-electron chi connectivity index (χ3n) is 8.41. The quantitative estimate of drug-likeness (QED) is 0.454. The summed E-state index contributed by atoms with van der Waals surface area (Å²) in [7, 11) is 0. The first-order chi connectivity index (χ1) is 16.2. The van der Waals surface area contributed by atoms with Gasteiger partial charge in [0, 0.05) is 36.3 Å². The van der Waals surface area contributed by atoms with Crippen molar-refractivity contribution in [2.75, 3.05) is 5.32 Å². The van der Waals surface area contributed by atoms with Gasteiger partial charge in [-0.1, -0.05) is 13.0 Å². The molecule has 1 amide bonds. The Morgan fingerprint density at radius 2 is 2.12 bits per heavy atom. The van der Waals surface area contributed by atoms with Crippen molar-refractivity contribution in [3.05, 3.63) is 40.4 Å². The van der Waals surface area contributed by atoms with Crippen molar-refractivity contribution in [3.63, 3.8) is 0 Å². The van der Waals surface area contributed by atoms with Crippen LogP contribution >= 0.6 is 11.3 Å². The number of esters is 1. The lowest BCUT2D eigenvalue weighted by molar-refractivity contribution is -0.132. The van der Waals surface area contributed by atoms with Gasteiger partial charge in [-0.25, -0.2) is 4.98 Å². The van der Waals surface area contributed by atoms with Gasteiger partial charge in [0.2, 0.25) is 5.91 Å². The zero-order chi connectivity index (χ0) is 24.0. The van der Waals surface area contributed by atoms with Crippen LogP contribution in [0.1, 0.15) is 74.3 Å². The molecule has 5 rings (SSSR count). The number of nitrogens with one attached hydrogen (secondary N) is 1. The van der Waals surface area contributed by atoms with E-state index in [2.05, 4.69) is 23.3 Å². The normalized spacial score (nSPS) is 29.7. The molecule has 0 radical (unpaired) electrons. The Labute approximate surface area is 204 Å². The fourth-order valence-electron chi connectivity index (χ4n) is 7.02. The predicted octanol–water partition coefficient (Wildman–Crippen LogP) is 5.45. The highest BCUT2D eigenvalue weighted by atomic mass is 32.1. The van der Waals surface area contributed by atoms with E-state index in [9.17, 15) is 14.4 Å². The third-order valence-corrected chi connectivity index (χ3v) is 9.24. The van der Waals surface area contributed by atoms with Crippen LogP contribution in [0.5, 0.6) is 5.75 Å². The molecule has 3 aliphatic rings. The molecule has 7 heteroatoms. The van der Waals surface area contributed by atoms with E-state index in [-0.39, 0.29) is 23.2 Å². The molecule has 3 aliphatic carbocycles. The predicted molar refractivity (Wildman–Crippen MR) is 131 cm³/mol. The lowest BCUT2D eigenvalue weighted by atomic mass is 9.54. The second kappa shape index (κ2) is 8.91. The molecule has 1 aromatic carbocycles. The molecule has 5 unspecified atom stereocenters. The van der Waals surface area contributed by atoms with Crippen molar-refractivity contribution >= 4 is 34.1 Å². The van der Waals surface area contributed by atoms with Crippen molar-refractivity contribution in [1.82, 2.24) is 4.98 Å². The van der Waals surface area contributed by atoms with Gasteiger partial charge in [-0.05, 0) is 86.0 Å². The maximum absolute atomic E-state index is 13.2. The highest BCUT2D eigenvalue weighted by Gasteiger charge is 2.58. The minimum absolute atomic E-state index is 0.0187. The average molecular weight is 481 g/mol. The number of fused-ring (bicyclic) bond motifs is 5. The number of anilines is 1. The Bertz CT molecular complexity index is 1140. The Morgan fingerprint density at radius 1 is 1.29 bits per heavy atom. The summed E-state index contributed by atoms with van der Waals surface area (Å²) in [6.45, 7) is 5.57. The molecule has 0 saturated heterocycles. The molecule has 0 bridgehead atoms. The van der Waals surface area contributed by atoms with Gasteiger partial charge in [0.25, 0.3) is 0 Å². The van der Waals surface area contributed by atoms with E-state index in [0.29, 0.717) is 47.3 Å². The Balaban J connectivity index is 1.32. The minimum atomic E-state index is -0.302.